The van der Waals surface area contributed by atoms with Crippen LogP contribution in [0.25, 0.3) is 11.5 Å². The quantitative estimate of drug-likeness (QED) is 0.717. The van der Waals surface area contributed by atoms with E-state index in [1.54, 1.807) is 6.20 Å². The lowest BCUT2D eigenvalue weighted by Crippen LogP contribution is -2.24. The van der Waals surface area contributed by atoms with Crippen molar-refractivity contribution in [2.75, 3.05) is 31.6 Å². The Bertz CT molecular complexity index is 992. The Morgan fingerprint density at radius 3 is 2.83 bits per heavy atom. The molecule has 6 heteroatoms. The van der Waals surface area contributed by atoms with Crippen LogP contribution in [0.4, 0.5) is 5.82 Å². The maximum absolute atomic E-state index is 6.08. The first kappa shape index (κ1) is 18.2. The third-order valence-corrected chi connectivity index (χ3v) is 5.62. The largest absolute Gasteiger partial charge is 0.371 e. The van der Waals surface area contributed by atoms with Gasteiger partial charge < -0.3 is 15.4 Å². The van der Waals surface area contributed by atoms with Crippen molar-refractivity contribution < 1.29 is 4.74 Å². The first-order chi connectivity index (χ1) is 14.4. The van der Waals surface area contributed by atoms with Crippen molar-refractivity contribution in [3.63, 3.8) is 0 Å². The van der Waals surface area contributed by atoms with Crippen LogP contribution >= 0.6 is 0 Å². The van der Waals surface area contributed by atoms with Gasteiger partial charge in [-0.1, -0.05) is 30.3 Å². The van der Waals surface area contributed by atoms with E-state index in [1.807, 2.05) is 18.2 Å². The summed E-state index contributed by atoms with van der Waals surface area (Å²) < 4.78 is 6.08. The molecule has 3 aromatic rings. The Hall–Kier alpha value is -2.83. The van der Waals surface area contributed by atoms with Crippen molar-refractivity contribution in [2.45, 2.75) is 25.4 Å². The number of anilines is 1. The van der Waals surface area contributed by atoms with Crippen LogP contribution in [-0.2, 0) is 24.0 Å². The molecule has 1 aromatic carbocycles. The van der Waals surface area contributed by atoms with Crippen LogP contribution in [0.1, 0.15) is 28.5 Å². The van der Waals surface area contributed by atoms with Gasteiger partial charge in [0, 0.05) is 31.3 Å². The maximum atomic E-state index is 6.08. The predicted octanol–water partition coefficient (Wildman–Crippen LogP) is 2.95. The summed E-state index contributed by atoms with van der Waals surface area (Å²) in [6, 6.07) is 14.4. The molecule has 0 spiro atoms. The van der Waals surface area contributed by atoms with E-state index in [0.717, 1.165) is 56.2 Å². The minimum atomic E-state index is 0.0350. The van der Waals surface area contributed by atoms with E-state index in [9.17, 15) is 0 Å². The van der Waals surface area contributed by atoms with Gasteiger partial charge in [0.05, 0.1) is 18.4 Å². The van der Waals surface area contributed by atoms with E-state index in [0.29, 0.717) is 12.4 Å². The Morgan fingerprint density at radius 2 is 1.90 bits per heavy atom. The molecular weight excluding hydrogens is 362 g/mol. The SMILES string of the molecule is c1ccc(-c2nc3c(c(NC[C@@H]4OCCc5ccccc54)n2)CCNCC3)nc1. The molecule has 0 unspecified atom stereocenters. The summed E-state index contributed by atoms with van der Waals surface area (Å²) in [5, 5.41) is 7.05. The second-order valence-corrected chi connectivity index (χ2v) is 7.48. The molecule has 0 saturated carbocycles. The molecule has 2 aliphatic rings. The van der Waals surface area contributed by atoms with Gasteiger partial charge in [0.1, 0.15) is 11.5 Å². The fourth-order valence-electron chi connectivity index (χ4n) is 4.14. The summed E-state index contributed by atoms with van der Waals surface area (Å²) in [6.45, 7) is 3.32. The van der Waals surface area contributed by atoms with Crippen LogP contribution in [0, 0.1) is 0 Å². The van der Waals surface area contributed by atoms with Crippen LogP contribution in [-0.4, -0.2) is 41.2 Å². The normalized spacial score (nSPS) is 18.4. The van der Waals surface area contributed by atoms with Crippen molar-refractivity contribution in [1.29, 1.82) is 0 Å². The molecule has 5 rings (SSSR count). The van der Waals surface area contributed by atoms with Crippen LogP contribution in [0.3, 0.4) is 0 Å². The van der Waals surface area contributed by atoms with E-state index < -0.39 is 0 Å². The molecule has 4 heterocycles. The fraction of sp³-hybridized carbons (Fsp3) is 0.348. The zero-order chi connectivity index (χ0) is 19.5. The van der Waals surface area contributed by atoms with Gasteiger partial charge in [-0.15, -0.1) is 0 Å². The molecule has 0 aliphatic carbocycles. The number of fused-ring (bicyclic) bond motifs is 2. The summed E-state index contributed by atoms with van der Waals surface area (Å²) in [6.07, 6.45) is 4.61. The van der Waals surface area contributed by atoms with E-state index in [1.165, 1.54) is 16.7 Å². The summed E-state index contributed by atoms with van der Waals surface area (Å²) in [7, 11) is 0. The van der Waals surface area contributed by atoms with Gasteiger partial charge in [0.2, 0.25) is 0 Å². The van der Waals surface area contributed by atoms with E-state index in [-0.39, 0.29) is 6.10 Å². The molecule has 0 bridgehead atoms. The van der Waals surface area contributed by atoms with Gasteiger partial charge in [-0.25, -0.2) is 9.97 Å². The first-order valence-electron chi connectivity index (χ1n) is 10.3. The van der Waals surface area contributed by atoms with Gasteiger partial charge in [0.15, 0.2) is 5.82 Å². The van der Waals surface area contributed by atoms with Gasteiger partial charge >= 0.3 is 0 Å². The molecule has 1 atom stereocenters. The van der Waals surface area contributed by atoms with Crippen molar-refractivity contribution in [2.24, 2.45) is 0 Å². The highest BCUT2D eigenvalue weighted by molar-refractivity contribution is 5.57. The number of rotatable bonds is 4. The van der Waals surface area contributed by atoms with Crippen LogP contribution in [0.15, 0.2) is 48.7 Å². The Kier molecular flexibility index (Phi) is 5.19. The first-order valence-corrected chi connectivity index (χ1v) is 10.3. The molecule has 2 N–H and O–H groups in total. The van der Waals surface area contributed by atoms with Crippen molar-refractivity contribution in [3.05, 3.63) is 71.0 Å². The number of aromatic nitrogens is 3. The summed E-state index contributed by atoms with van der Waals surface area (Å²) in [4.78, 5) is 14.2. The van der Waals surface area contributed by atoms with E-state index in [4.69, 9.17) is 14.7 Å². The average molecular weight is 387 g/mol. The number of nitrogens with one attached hydrogen (secondary N) is 2. The lowest BCUT2D eigenvalue weighted by molar-refractivity contribution is 0.0513. The molecular formula is C23H25N5O. The molecule has 148 valence electrons. The van der Waals surface area contributed by atoms with Crippen molar-refractivity contribution in [1.82, 2.24) is 20.3 Å². The van der Waals surface area contributed by atoms with Gasteiger partial charge in [-0.2, -0.15) is 0 Å². The van der Waals surface area contributed by atoms with E-state index >= 15 is 0 Å². The smallest absolute Gasteiger partial charge is 0.180 e. The second kappa shape index (κ2) is 8.27. The molecule has 0 amide bonds. The highest BCUT2D eigenvalue weighted by Crippen LogP contribution is 2.29. The highest BCUT2D eigenvalue weighted by Gasteiger charge is 2.22. The maximum Gasteiger partial charge on any atom is 0.180 e. The Balaban J connectivity index is 1.46. The van der Waals surface area contributed by atoms with Crippen LogP contribution in [0.5, 0.6) is 0 Å². The molecule has 0 fully saturated rings. The summed E-state index contributed by atoms with van der Waals surface area (Å²) in [5.41, 5.74) is 5.77. The van der Waals surface area contributed by atoms with Crippen molar-refractivity contribution in [3.8, 4) is 11.5 Å². The molecule has 29 heavy (non-hydrogen) atoms. The van der Waals surface area contributed by atoms with Gasteiger partial charge in [-0.05, 0) is 42.6 Å². The standard InChI is InChI=1S/C23H25N5O/c1-2-6-17-16(5-1)10-14-29-21(17)15-26-22-18-8-12-24-13-9-19(18)27-23(28-22)20-7-3-4-11-25-20/h1-7,11,21,24H,8-10,12-15H2,(H,26,27,28)/t21-/m0/s1. The van der Waals surface area contributed by atoms with Crippen LogP contribution in [0.2, 0.25) is 0 Å². The van der Waals surface area contributed by atoms with Gasteiger partial charge in [0.25, 0.3) is 0 Å². The van der Waals surface area contributed by atoms with Crippen molar-refractivity contribution >= 4 is 5.82 Å². The summed E-state index contributed by atoms with van der Waals surface area (Å²) in [5.74, 6) is 1.59. The lowest BCUT2D eigenvalue weighted by atomic mass is 9.97. The molecule has 2 aliphatic heterocycles. The minimum Gasteiger partial charge on any atom is -0.371 e. The second-order valence-electron chi connectivity index (χ2n) is 7.48. The minimum absolute atomic E-state index is 0.0350. The number of hydrogen-bond acceptors (Lipinski definition) is 6. The lowest BCUT2D eigenvalue weighted by Gasteiger charge is -2.27. The monoisotopic (exact) mass is 387 g/mol. The number of pyridine rings is 1. The Labute approximate surface area is 170 Å². The zero-order valence-corrected chi connectivity index (χ0v) is 16.4. The van der Waals surface area contributed by atoms with Crippen LogP contribution < -0.4 is 10.6 Å². The fourth-order valence-corrected chi connectivity index (χ4v) is 4.14. The topological polar surface area (TPSA) is 72.0 Å². The highest BCUT2D eigenvalue weighted by atomic mass is 16.5. The average Bonchev–Trinajstić information content (AvgIpc) is 3.03. The van der Waals surface area contributed by atoms with E-state index in [2.05, 4.69) is 39.9 Å². The third kappa shape index (κ3) is 3.86. The van der Waals surface area contributed by atoms with Gasteiger partial charge in [-0.3, -0.25) is 4.98 Å². The zero-order valence-electron chi connectivity index (χ0n) is 16.4. The number of ether oxygens (including phenoxy) is 1. The predicted molar refractivity (Wildman–Crippen MR) is 113 cm³/mol. The Morgan fingerprint density at radius 1 is 1.00 bits per heavy atom. The number of nitrogens with zero attached hydrogens (tertiary/aromatic N) is 3. The number of benzene rings is 1. The molecule has 0 radical (unpaired) electrons. The summed E-state index contributed by atoms with van der Waals surface area (Å²) >= 11 is 0. The molecule has 6 nitrogen and oxygen atoms in total. The molecule has 2 aromatic heterocycles. The molecule has 0 saturated heterocycles. The third-order valence-electron chi connectivity index (χ3n) is 5.62. The number of hydrogen-bond donors (Lipinski definition) is 2.